The zero-order valence-electron chi connectivity index (χ0n) is 17.4. The lowest BCUT2D eigenvalue weighted by atomic mass is 9.82. The second kappa shape index (κ2) is 8.39. The van der Waals surface area contributed by atoms with Gasteiger partial charge in [0.25, 0.3) is 5.56 Å². The lowest BCUT2D eigenvalue weighted by Gasteiger charge is -2.43. The van der Waals surface area contributed by atoms with Gasteiger partial charge >= 0.3 is 0 Å². The van der Waals surface area contributed by atoms with E-state index in [-0.39, 0.29) is 23.3 Å². The van der Waals surface area contributed by atoms with Gasteiger partial charge in [0.2, 0.25) is 5.91 Å². The molecule has 0 N–H and O–H groups in total. The van der Waals surface area contributed by atoms with Gasteiger partial charge in [-0.25, -0.2) is 0 Å². The third-order valence-corrected chi connectivity index (χ3v) is 6.94. The van der Waals surface area contributed by atoms with Crippen LogP contribution in [-0.2, 0) is 17.9 Å². The van der Waals surface area contributed by atoms with Crippen molar-refractivity contribution in [2.75, 3.05) is 13.1 Å². The van der Waals surface area contributed by atoms with Crippen LogP contribution in [0.1, 0.15) is 35.9 Å². The zero-order chi connectivity index (χ0) is 21.4. The van der Waals surface area contributed by atoms with Crippen LogP contribution in [0.5, 0.6) is 0 Å². The van der Waals surface area contributed by atoms with Gasteiger partial charge < -0.3 is 14.0 Å². The second-order valence-electron chi connectivity index (χ2n) is 8.83. The van der Waals surface area contributed by atoms with E-state index >= 15 is 0 Å². The molecule has 0 aliphatic carbocycles. The molecule has 1 aromatic carbocycles. The summed E-state index contributed by atoms with van der Waals surface area (Å²) < 4.78 is 4.03. The second-order valence-corrected chi connectivity index (χ2v) is 9.27. The molecule has 31 heavy (non-hydrogen) atoms. The van der Waals surface area contributed by atoms with Crippen LogP contribution in [0.15, 0.2) is 71.8 Å². The highest BCUT2D eigenvalue weighted by Gasteiger charge is 2.36. The first-order chi connectivity index (χ1) is 15.1. The van der Waals surface area contributed by atoms with Crippen LogP contribution in [0.2, 0.25) is 5.02 Å². The van der Waals surface area contributed by atoms with Gasteiger partial charge in [0.15, 0.2) is 0 Å². The minimum absolute atomic E-state index is 0.0708. The normalized spacial score (nSPS) is 20.9. The van der Waals surface area contributed by atoms with Crippen molar-refractivity contribution in [1.82, 2.24) is 14.0 Å². The molecule has 3 aromatic rings. The number of rotatable bonds is 5. The van der Waals surface area contributed by atoms with Gasteiger partial charge in [-0.2, -0.15) is 0 Å². The maximum absolute atomic E-state index is 13.4. The summed E-state index contributed by atoms with van der Waals surface area (Å²) in [6, 6.07) is 17.4. The molecule has 0 spiro atoms. The summed E-state index contributed by atoms with van der Waals surface area (Å²) in [5.74, 6) is 0.847. The van der Waals surface area contributed by atoms with Crippen LogP contribution in [0.4, 0.5) is 0 Å². The molecule has 5 rings (SSSR count). The van der Waals surface area contributed by atoms with Crippen molar-refractivity contribution in [1.29, 1.82) is 0 Å². The first kappa shape index (κ1) is 20.1. The first-order valence-corrected chi connectivity index (χ1v) is 11.3. The lowest BCUT2D eigenvalue weighted by Crippen LogP contribution is -2.49. The molecule has 1 saturated heterocycles. The molecule has 0 radical (unpaired) electrons. The quantitative estimate of drug-likeness (QED) is 0.605. The van der Waals surface area contributed by atoms with Gasteiger partial charge in [-0.3, -0.25) is 9.59 Å². The van der Waals surface area contributed by atoms with Crippen LogP contribution in [0, 0.1) is 5.92 Å². The summed E-state index contributed by atoms with van der Waals surface area (Å²) >= 11 is 6.09. The van der Waals surface area contributed by atoms with E-state index in [4.69, 9.17) is 11.6 Å². The Morgan fingerprint density at radius 1 is 1.00 bits per heavy atom. The van der Waals surface area contributed by atoms with E-state index in [0.717, 1.165) is 30.8 Å². The largest absolute Gasteiger partial charge is 0.354 e. The summed E-state index contributed by atoms with van der Waals surface area (Å²) in [4.78, 5) is 27.7. The molecule has 0 saturated carbocycles. The smallest absolute Gasteiger partial charge is 0.250 e. The molecule has 0 unspecified atom stereocenters. The van der Waals surface area contributed by atoms with E-state index < -0.39 is 0 Å². The Morgan fingerprint density at radius 2 is 1.77 bits per heavy atom. The van der Waals surface area contributed by atoms with Crippen molar-refractivity contribution in [3.8, 4) is 0 Å². The summed E-state index contributed by atoms with van der Waals surface area (Å²) in [6.07, 6.45) is 5.58. The van der Waals surface area contributed by atoms with Gasteiger partial charge in [0, 0.05) is 73.6 Å². The number of carbonyl (C=O) groups is 1. The van der Waals surface area contributed by atoms with E-state index in [1.54, 1.807) is 6.07 Å². The lowest BCUT2D eigenvalue weighted by molar-refractivity contribution is -0.134. The van der Waals surface area contributed by atoms with E-state index in [0.29, 0.717) is 30.5 Å². The van der Waals surface area contributed by atoms with Crippen molar-refractivity contribution in [3.05, 3.63) is 93.6 Å². The predicted molar refractivity (Wildman–Crippen MR) is 121 cm³/mol. The van der Waals surface area contributed by atoms with E-state index in [2.05, 4.69) is 4.57 Å². The first-order valence-electron chi connectivity index (χ1n) is 10.9. The van der Waals surface area contributed by atoms with Crippen molar-refractivity contribution in [3.63, 3.8) is 0 Å². The van der Waals surface area contributed by atoms with Crippen LogP contribution >= 0.6 is 11.6 Å². The highest BCUT2D eigenvalue weighted by Crippen LogP contribution is 2.36. The van der Waals surface area contributed by atoms with Crippen LogP contribution in [0.3, 0.4) is 0 Å². The Kier molecular flexibility index (Phi) is 5.45. The van der Waals surface area contributed by atoms with Gasteiger partial charge in [0.1, 0.15) is 0 Å². The standard InChI is InChI=1S/C25H26ClN3O2/c26-22-8-6-19(7-9-22)20(16-27-10-1-2-11-27)13-25(31)28-14-18-12-21(17-28)23-4-3-5-24(30)29(23)15-18/h1-11,18,20-21H,12-17H2/t18-,20-,21+/m0/s1. The van der Waals surface area contributed by atoms with Crippen LogP contribution in [0.25, 0.3) is 0 Å². The number of hydrogen-bond acceptors (Lipinski definition) is 2. The Labute approximate surface area is 186 Å². The average Bonchev–Trinajstić information content (AvgIpc) is 3.28. The average molecular weight is 436 g/mol. The summed E-state index contributed by atoms with van der Waals surface area (Å²) in [7, 11) is 0. The fourth-order valence-electron chi connectivity index (χ4n) is 5.21. The number of piperidine rings is 1. The summed E-state index contributed by atoms with van der Waals surface area (Å²) in [5, 5.41) is 0.701. The fraction of sp³-hybridized carbons (Fsp3) is 0.360. The van der Waals surface area contributed by atoms with E-state index in [1.165, 1.54) is 0 Å². The number of carbonyl (C=O) groups excluding carboxylic acids is 1. The van der Waals surface area contributed by atoms with E-state index in [1.807, 2.05) is 70.4 Å². The number of pyridine rings is 1. The third kappa shape index (κ3) is 4.19. The number of benzene rings is 1. The monoisotopic (exact) mass is 435 g/mol. The number of likely N-dealkylation sites (tertiary alicyclic amines) is 1. The molecule has 1 amide bonds. The SMILES string of the molecule is O=C(C[C@@H](Cn1cccc1)c1ccc(Cl)cc1)N1C[C@@H]2C[C@H](C1)c1cccc(=O)n1C2. The fourth-order valence-corrected chi connectivity index (χ4v) is 5.34. The van der Waals surface area contributed by atoms with Gasteiger partial charge in [-0.15, -0.1) is 0 Å². The minimum atomic E-state index is 0.0708. The molecule has 5 nitrogen and oxygen atoms in total. The number of nitrogens with zero attached hydrogens (tertiary/aromatic N) is 3. The van der Waals surface area contributed by atoms with Crippen molar-refractivity contribution < 1.29 is 4.79 Å². The molecule has 160 valence electrons. The van der Waals surface area contributed by atoms with Gasteiger partial charge in [-0.1, -0.05) is 29.8 Å². The molecule has 3 atom stereocenters. The molecule has 2 aliphatic heterocycles. The van der Waals surface area contributed by atoms with Gasteiger partial charge in [0.05, 0.1) is 0 Å². The van der Waals surface area contributed by atoms with Gasteiger partial charge in [-0.05, 0) is 48.2 Å². The predicted octanol–water partition coefficient (Wildman–Crippen LogP) is 4.12. The molecule has 6 heteroatoms. The number of fused-ring (bicyclic) bond motifs is 4. The Balaban J connectivity index is 1.35. The Bertz CT molecular complexity index is 1120. The molecular formula is C25H26ClN3O2. The highest BCUT2D eigenvalue weighted by molar-refractivity contribution is 6.30. The third-order valence-electron chi connectivity index (χ3n) is 6.69. The topological polar surface area (TPSA) is 47.2 Å². The van der Waals surface area contributed by atoms with Crippen LogP contribution < -0.4 is 5.56 Å². The maximum atomic E-state index is 13.4. The number of halogens is 1. The Hall–Kier alpha value is -2.79. The Morgan fingerprint density at radius 3 is 2.55 bits per heavy atom. The van der Waals surface area contributed by atoms with Crippen molar-refractivity contribution >= 4 is 17.5 Å². The maximum Gasteiger partial charge on any atom is 0.250 e. The van der Waals surface area contributed by atoms with Crippen LogP contribution in [-0.4, -0.2) is 33.0 Å². The molecule has 2 aliphatic rings. The number of hydrogen-bond donors (Lipinski definition) is 0. The molecule has 2 bridgehead atoms. The molecule has 4 heterocycles. The summed E-state index contributed by atoms with van der Waals surface area (Å²) in [5.41, 5.74) is 2.27. The molecular weight excluding hydrogens is 410 g/mol. The molecule has 1 fully saturated rings. The zero-order valence-corrected chi connectivity index (χ0v) is 18.1. The summed E-state index contributed by atoms with van der Waals surface area (Å²) in [6.45, 7) is 2.88. The van der Waals surface area contributed by atoms with Crippen molar-refractivity contribution in [2.45, 2.75) is 37.8 Å². The molecule has 2 aromatic heterocycles. The number of amides is 1. The van der Waals surface area contributed by atoms with Crippen molar-refractivity contribution in [2.24, 2.45) is 5.92 Å². The highest BCUT2D eigenvalue weighted by atomic mass is 35.5. The minimum Gasteiger partial charge on any atom is -0.354 e. The number of aromatic nitrogens is 2. The van der Waals surface area contributed by atoms with E-state index in [9.17, 15) is 9.59 Å².